The SMILES string of the molecule is Cc1ccc(/C(=N/O)N2CC(C)CC(C)C2)c(Oc2cc(Cl)ccc2Cl)n1. The molecule has 1 saturated heterocycles. The topological polar surface area (TPSA) is 58.0 Å². The molecule has 1 N–H and O–H groups in total. The Balaban J connectivity index is 1.99. The second-order valence-corrected chi connectivity index (χ2v) is 8.10. The minimum atomic E-state index is 0.331. The first-order valence-corrected chi connectivity index (χ1v) is 9.71. The summed E-state index contributed by atoms with van der Waals surface area (Å²) in [5.41, 5.74) is 1.39. The number of likely N-dealkylation sites (tertiary alicyclic amines) is 1. The van der Waals surface area contributed by atoms with Crippen LogP contribution in [0.4, 0.5) is 0 Å². The molecule has 0 spiro atoms. The van der Waals surface area contributed by atoms with Gasteiger partial charge in [-0.15, -0.1) is 0 Å². The second-order valence-electron chi connectivity index (χ2n) is 7.26. The van der Waals surface area contributed by atoms with Gasteiger partial charge < -0.3 is 14.8 Å². The molecule has 2 unspecified atom stereocenters. The molecule has 0 saturated carbocycles. The number of aryl methyl sites for hydroxylation is 1. The minimum Gasteiger partial charge on any atom is -0.437 e. The van der Waals surface area contributed by atoms with Crippen LogP contribution in [-0.2, 0) is 0 Å². The average Bonchev–Trinajstić information content (AvgIpc) is 2.60. The van der Waals surface area contributed by atoms with Gasteiger partial charge in [0.1, 0.15) is 5.75 Å². The van der Waals surface area contributed by atoms with Crippen LogP contribution in [0.15, 0.2) is 35.5 Å². The molecule has 2 heterocycles. The van der Waals surface area contributed by atoms with Crippen LogP contribution in [0.3, 0.4) is 0 Å². The highest BCUT2D eigenvalue weighted by Gasteiger charge is 2.28. The van der Waals surface area contributed by atoms with Gasteiger partial charge in [-0.05, 0) is 49.4 Å². The van der Waals surface area contributed by atoms with E-state index >= 15 is 0 Å². The number of benzene rings is 1. The zero-order valence-electron chi connectivity index (χ0n) is 15.6. The van der Waals surface area contributed by atoms with E-state index in [9.17, 15) is 5.21 Å². The van der Waals surface area contributed by atoms with Crippen LogP contribution >= 0.6 is 23.2 Å². The van der Waals surface area contributed by atoms with E-state index in [1.807, 2.05) is 19.1 Å². The van der Waals surface area contributed by atoms with Gasteiger partial charge in [-0.25, -0.2) is 4.98 Å². The molecule has 1 aromatic heterocycles. The van der Waals surface area contributed by atoms with Crippen LogP contribution in [0, 0.1) is 18.8 Å². The van der Waals surface area contributed by atoms with E-state index in [4.69, 9.17) is 27.9 Å². The van der Waals surface area contributed by atoms with Crippen molar-refractivity contribution < 1.29 is 9.94 Å². The normalized spacial score (nSPS) is 20.6. The maximum atomic E-state index is 9.78. The summed E-state index contributed by atoms with van der Waals surface area (Å²) < 4.78 is 5.98. The summed E-state index contributed by atoms with van der Waals surface area (Å²) in [7, 11) is 0. The lowest BCUT2D eigenvalue weighted by Crippen LogP contribution is -2.43. The van der Waals surface area contributed by atoms with Gasteiger partial charge >= 0.3 is 0 Å². The molecule has 1 aromatic carbocycles. The zero-order chi connectivity index (χ0) is 19.6. The Bertz CT molecular complexity index is 847. The van der Waals surface area contributed by atoms with Crippen molar-refractivity contribution >= 4 is 29.0 Å². The predicted molar refractivity (Wildman–Crippen MR) is 108 cm³/mol. The summed E-state index contributed by atoms with van der Waals surface area (Å²) >= 11 is 12.3. The molecule has 0 aliphatic carbocycles. The summed E-state index contributed by atoms with van der Waals surface area (Å²) in [5, 5.41) is 14.3. The van der Waals surface area contributed by atoms with Crippen LogP contribution < -0.4 is 4.74 Å². The molecule has 5 nitrogen and oxygen atoms in total. The van der Waals surface area contributed by atoms with Crippen molar-refractivity contribution in [3.05, 3.63) is 51.6 Å². The van der Waals surface area contributed by atoms with Crippen LogP contribution in [0.2, 0.25) is 10.0 Å². The molecule has 7 heteroatoms. The number of rotatable bonds is 3. The molecule has 2 aromatic rings. The quantitative estimate of drug-likeness (QED) is 0.311. The van der Waals surface area contributed by atoms with E-state index in [-0.39, 0.29) is 0 Å². The smallest absolute Gasteiger partial charge is 0.230 e. The van der Waals surface area contributed by atoms with Crippen LogP contribution in [-0.4, -0.2) is 34.0 Å². The predicted octanol–water partition coefficient (Wildman–Crippen LogP) is 5.60. The molecular formula is C20H23Cl2N3O2. The first-order valence-electron chi connectivity index (χ1n) is 8.95. The number of piperidine rings is 1. The standard InChI is InChI=1S/C20H23Cl2N3O2/c1-12-8-13(2)11-25(10-12)19(24-26)16-6-4-14(3)23-20(16)27-18-9-15(21)5-7-17(18)22/h4-7,9,12-13,26H,8,10-11H2,1-3H3/b24-19-. The Kier molecular flexibility index (Phi) is 6.12. The molecule has 144 valence electrons. The zero-order valence-corrected chi connectivity index (χ0v) is 17.1. The van der Waals surface area contributed by atoms with E-state index in [1.54, 1.807) is 18.2 Å². The van der Waals surface area contributed by atoms with Gasteiger partial charge in [0.25, 0.3) is 0 Å². The second kappa shape index (κ2) is 8.36. The minimum absolute atomic E-state index is 0.331. The fourth-order valence-electron chi connectivity index (χ4n) is 3.56. The lowest BCUT2D eigenvalue weighted by molar-refractivity contribution is 0.204. The molecule has 3 rings (SSSR count). The molecule has 27 heavy (non-hydrogen) atoms. The first-order chi connectivity index (χ1) is 12.9. The van der Waals surface area contributed by atoms with Gasteiger partial charge in [-0.3, -0.25) is 0 Å². The van der Waals surface area contributed by atoms with Crippen LogP contribution in [0.25, 0.3) is 0 Å². The van der Waals surface area contributed by atoms with Gasteiger partial charge in [-0.1, -0.05) is 42.2 Å². The Morgan fingerprint density at radius 3 is 2.56 bits per heavy atom. The molecule has 2 atom stereocenters. The van der Waals surface area contributed by atoms with E-state index in [2.05, 4.69) is 28.9 Å². The average molecular weight is 408 g/mol. The third-order valence-corrected chi connectivity index (χ3v) is 5.15. The Morgan fingerprint density at radius 2 is 1.89 bits per heavy atom. The van der Waals surface area contributed by atoms with Gasteiger partial charge in [0, 0.05) is 29.9 Å². The molecule has 1 aliphatic rings. The summed E-state index contributed by atoms with van der Waals surface area (Å²) in [4.78, 5) is 6.58. The fraction of sp³-hybridized carbons (Fsp3) is 0.400. The van der Waals surface area contributed by atoms with Crippen molar-refractivity contribution in [1.29, 1.82) is 0 Å². The van der Waals surface area contributed by atoms with Crippen molar-refractivity contribution in [1.82, 2.24) is 9.88 Å². The fourth-order valence-corrected chi connectivity index (χ4v) is 3.88. The highest BCUT2D eigenvalue weighted by Crippen LogP contribution is 2.34. The van der Waals surface area contributed by atoms with Crippen molar-refractivity contribution in [3.8, 4) is 11.6 Å². The number of aromatic nitrogens is 1. The number of hydrogen-bond donors (Lipinski definition) is 1. The summed E-state index contributed by atoms with van der Waals surface area (Å²) in [6.45, 7) is 7.91. The van der Waals surface area contributed by atoms with Crippen LogP contribution in [0.1, 0.15) is 31.5 Å². The molecule has 0 radical (unpaired) electrons. The number of oxime groups is 1. The number of halogens is 2. The number of nitrogens with zero attached hydrogens (tertiary/aromatic N) is 3. The number of hydrogen-bond acceptors (Lipinski definition) is 4. The molecule has 0 amide bonds. The first kappa shape index (κ1) is 19.8. The molecular weight excluding hydrogens is 385 g/mol. The van der Waals surface area contributed by atoms with Crippen molar-refractivity contribution in [3.63, 3.8) is 0 Å². The molecule has 1 aliphatic heterocycles. The number of amidine groups is 1. The van der Waals surface area contributed by atoms with Crippen LogP contribution in [0.5, 0.6) is 11.6 Å². The monoisotopic (exact) mass is 407 g/mol. The van der Waals surface area contributed by atoms with Crippen molar-refractivity contribution in [2.75, 3.05) is 13.1 Å². The summed E-state index contributed by atoms with van der Waals surface area (Å²) in [5.74, 6) is 2.21. The Morgan fingerprint density at radius 1 is 1.19 bits per heavy atom. The van der Waals surface area contributed by atoms with Gasteiger partial charge in [-0.2, -0.15) is 0 Å². The maximum absolute atomic E-state index is 9.78. The van der Waals surface area contributed by atoms with E-state index in [1.165, 1.54) is 0 Å². The highest BCUT2D eigenvalue weighted by atomic mass is 35.5. The third-order valence-electron chi connectivity index (χ3n) is 4.60. The van der Waals surface area contributed by atoms with Crippen molar-refractivity contribution in [2.45, 2.75) is 27.2 Å². The lowest BCUT2D eigenvalue weighted by atomic mass is 9.91. The van der Waals surface area contributed by atoms with E-state index in [0.717, 1.165) is 25.2 Å². The highest BCUT2D eigenvalue weighted by molar-refractivity contribution is 6.34. The third kappa shape index (κ3) is 4.66. The molecule has 1 fully saturated rings. The summed E-state index contributed by atoms with van der Waals surface area (Å²) in [6, 6.07) is 8.72. The van der Waals surface area contributed by atoms with Gasteiger partial charge in [0.2, 0.25) is 5.88 Å². The maximum Gasteiger partial charge on any atom is 0.230 e. The van der Waals surface area contributed by atoms with E-state index in [0.29, 0.717) is 44.9 Å². The largest absolute Gasteiger partial charge is 0.437 e. The lowest BCUT2D eigenvalue weighted by Gasteiger charge is -2.36. The molecule has 0 bridgehead atoms. The van der Waals surface area contributed by atoms with Gasteiger partial charge in [0.05, 0.1) is 10.6 Å². The number of ether oxygens (including phenoxy) is 1. The Labute approximate surface area is 169 Å². The van der Waals surface area contributed by atoms with Crippen molar-refractivity contribution in [2.24, 2.45) is 17.0 Å². The Hall–Kier alpha value is -1.98. The van der Waals surface area contributed by atoms with E-state index < -0.39 is 0 Å². The number of pyridine rings is 1. The summed E-state index contributed by atoms with van der Waals surface area (Å²) in [6.07, 6.45) is 1.16. The van der Waals surface area contributed by atoms with Gasteiger partial charge in [0.15, 0.2) is 5.84 Å².